The fourth-order valence-electron chi connectivity index (χ4n) is 3.06. The van der Waals surface area contributed by atoms with Gasteiger partial charge >= 0.3 is 0 Å². The average Bonchev–Trinajstić information content (AvgIpc) is 2.82. The third kappa shape index (κ3) is 6.60. The van der Waals surface area contributed by atoms with Crippen molar-refractivity contribution >= 4 is 12.1 Å². The van der Waals surface area contributed by atoms with Crippen LogP contribution in [0.1, 0.15) is 36.5 Å². The molecule has 6 nitrogen and oxygen atoms in total. The summed E-state index contributed by atoms with van der Waals surface area (Å²) in [6.45, 7) is 4.49. The molecule has 0 aliphatic carbocycles. The zero-order valence-electron chi connectivity index (χ0n) is 18.6. The molecule has 0 heterocycles. The lowest BCUT2D eigenvalue weighted by Gasteiger charge is -2.13. The van der Waals surface area contributed by atoms with E-state index in [0.717, 1.165) is 16.7 Å². The van der Waals surface area contributed by atoms with E-state index in [1.54, 1.807) is 19.4 Å². The Balaban J connectivity index is 1.53. The molecule has 6 heteroatoms. The minimum atomic E-state index is -0.338. The van der Waals surface area contributed by atoms with Gasteiger partial charge in [0.1, 0.15) is 12.4 Å². The fraction of sp³-hybridized carbons (Fsp3) is 0.231. The number of hydrazone groups is 1. The van der Waals surface area contributed by atoms with Crippen molar-refractivity contribution in [3.63, 3.8) is 0 Å². The number of carbonyl (C=O) groups excluding carboxylic acids is 1. The Kier molecular flexibility index (Phi) is 8.26. The second-order valence-electron chi connectivity index (χ2n) is 7.46. The van der Waals surface area contributed by atoms with E-state index in [9.17, 15) is 4.79 Å². The molecule has 1 N–H and O–H groups in total. The van der Waals surface area contributed by atoms with Crippen molar-refractivity contribution in [1.29, 1.82) is 0 Å². The molecule has 0 bridgehead atoms. The number of benzene rings is 3. The summed E-state index contributed by atoms with van der Waals surface area (Å²) in [6.07, 6.45) is 1.55. The summed E-state index contributed by atoms with van der Waals surface area (Å²) in [4.78, 5) is 12.1. The van der Waals surface area contributed by atoms with Crippen molar-refractivity contribution in [1.82, 2.24) is 5.43 Å². The van der Waals surface area contributed by atoms with E-state index in [1.807, 2.05) is 66.7 Å². The molecular weight excluding hydrogens is 404 g/mol. The largest absolute Gasteiger partial charge is 0.493 e. The molecular formula is C26H28N2O4. The number of nitrogens with zero attached hydrogens (tertiary/aromatic N) is 1. The van der Waals surface area contributed by atoms with Crippen LogP contribution in [-0.2, 0) is 11.4 Å². The number of hydrogen-bond donors (Lipinski definition) is 1. The lowest BCUT2D eigenvalue weighted by atomic mass is 10.0. The van der Waals surface area contributed by atoms with E-state index in [0.29, 0.717) is 29.8 Å². The van der Waals surface area contributed by atoms with Crippen LogP contribution in [0, 0.1) is 0 Å². The van der Waals surface area contributed by atoms with E-state index in [-0.39, 0.29) is 12.5 Å². The molecule has 3 rings (SSSR count). The number of para-hydroxylation sites is 1. The van der Waals surface area contributed by atoms with Gasteiger partial charge in [-0.1, -0.05) is 62.4 Å². The SMILES string of the molecule is COc1cc(/C=N/NC(=O)COc2ccccc2C(C)C)ccc1OCc1ccccc1. The summed E-state index contributed by atoms with van der Waals surface area (Å²) < 4.78 is 16.9. The predicted molar refractivity (Wildman–Crippen MR) is 126 cm³/mol. The standard InChI is InChI=1S/C26H28N2O4/c1-19(2)22-11-7-8-12-23(22)32-18-26(29)28-27-16-21-13-14-24(25(15-21)30-3)31-17-20-9-5-4-6-10-20/h4-16,19H,17-18H2,1-3H3,(H,28,29)/b27-16+. The molecule has 166 valence electrons. The third-order valence-corrected chi connectivity index (χ3v) is 4.73. The highest BCUT2D eigenvalue weighted by Gasteiger charge is 2.09. The maximum absolute atomic E-state index is 12.1. The van der Waals surface area contributed by atoms with Gasteiger partial charge in [0.2, 0.25) is 0 Å². The van der Waals surface area contributed by atoms with Crippen molar-refractivity contribution in [3.8, 4) is 17.2 Å². The molecule has 3 aromatic rings. The minimum Gasteiger partial charge on any atom is -0.493 e. The number of hydrogen-bond acceptors (Lipinski definition) is 5. The molecule has 1 amide bonds. The topological polar surface area (TPSA) is 69.2 Å². The Morgan fingerprint density at radius 2 is 1.69 bits per heavy atom. The molecule has 0 saturated carbocycles. The van der Waals surface area contributed by atoms with Gasteiger partial charge < -0.3 is 14.2 Å². The Morgan fingerprint density at radius 1 is 0.938 bits per heavy atom. The number of rotatable bonds is 10. The molecule has 0 fully saturated rings. The van der Waals surface area contributed by atoms with Gasteiger partial charge in [-0.05, 0) is 46.9 Å². The number of amides is 1. The summed E-state index contributed by atoms with van der Waals surface area (Å²) in [5, 5.41) is 4.01. The molecule has 0 atom stereocenters. The van der Waals surface area contributed by atoms with Crippen molar-refractivity contribution in [2.75, 3.05) is 13.7 Å². The molecule has 0 spiro atoms. The van der Waals surface area contributed by atoms with Crippen LogP contribution >= 0.6 is 0 Å². The Hall–Kier alpha value is -3.80. The van der Waals surface area contributed by atoms with Crippen LogP contribution in [-0.4, -0.2) is 25.8 Å². The quantitative estimate of drug-likeness (QED) is 0.364. The molecule has 0 aromatic heterocycles. The molecule has 0 unspecified atom stereocenters. The Morgan fingerprint density at radius 3 is 2.44 bits per heavy atom. The van der Waals surface area contributed by atoms with Crippen molar-refractivity contribution in [2.24, 2.45) is 5.10 Å². The van der Waals surface area contributed by atoms with Gasteiger partial charge in [0.15, 0.2) is 18.1 Å². The smallest absolute Gasteiger partial charge is 0.277 e. The normalized spacial score (nSPS) is 10.9. The van der Waals surface area contributed by atoms with Crippen LogP contribution < -0.4 is 19.6 Å². The summed E-state index contributed by atoms with van der Waals surface area (Å²) in [6, 6.07) is 23.1. The first-order valence-corrected chi connectivity index (χ1v) is 10.4. The molecule has 32 heavy (non-hydrogen) atoms. The Bertz CT molecular complexity index is 1050. The zero-order valence-corrected chi connectivity index (χ0v) is 18.6. The summed E-state index contributed by atoms with van der Waals surface area (Å²) >= 11 is 0. The van der Waals surface area contributed by atoms with Gasteiger partial charge in [0, 0.05) is 0 Å². The average molecular weight is 433 g/mol. The summed E-state index contributed by atoms with van der Waals surface area (Å²) in [5.74, 6) is 1.90. The molecule has 0 aliphatic rings. The first kappa shape index (κ1) is 22.9. The van der Waals surface area contributed by atoms with Crippen LogP contribution in [0.2, 0.25) is 0 Å². The lowest BCUT2D eigenvalue weighted by molar-refractivity contribution is -0.123. The Labute approximate surface area is 188 Å². The highest BCUT2D eigenvalue weighted by atomic mass is 16.5. The van der Waals surface area contributed by atoms with E-state index >= 15 is 0 Å². The first-order chi connectivity index (χ1) is 15.6. The monoisotopic (exact) mass is 432 g/mol. The van der Waals surface area contributed by atoms with Crippen LogP contribution in [0.4, 0.5) is 0 Å². The molecule has 0 saturated heterocycles. The second kappa shape index (κ2) is 11.6. The number of carbonyl (C=O) groups is 1. The maximum Gasteiger partial charge on any atom is 0.277 e. The van der Waals surface area contributed by atoms with Crippen LogP contribution in [0.3, 0.4) is 0 Å². The van der Waals surface area contributed by atoms with Crippen LogP contribution in [0.5, 0.6) is 17.2 Å². The van der Waals surface area contributed by atoms with Crippen molar-refractivity contribution in [2.45, 2.75) is 26.4 Å². The molecule has 3 aromatic carbocycles. The van der Waals surface area contributed by atoms with Gasteiger partial charge in [-0.25, -0.2) is 5.43 Å². The van der Waals surface area contributed by atoms with Gasteiger partial charge in [-0.2, -0.15) is 5.10 Å². The second-order valence-corrected chi connectivity index (χ2v) is 7.46. The summed E-state index contributed by atoms with van der Waals surface area (Å²) in [7, 11) is 1.58. The summed E-state index contributed by atoms with van der Waals surface area (Å²) in [5.41, 5.74) is 5.38. The van der Waals surface area contributed by atoms with Crippen molar-refractivity contribution in [3.05, 3.63) is 89.5 Å². The van der Waals surface area contributed by atoms with Crippen LogP contribution in [0.25, 0.3) is 0 Å². The van der Waals surface area contributed by atoms with Gasteiger partial charge in [-0.3, -0.25) is 4.79 Å². The van der Waals surface area contributed by atoms with Gasteiger partial charge in [0.25, 0.3) is 5.91 Å². The van der Waals surface area contributed by atoms with Gasteiger partial charge in [-0.15, -0.1) is 0 Å². The number of ether oxygens (including phenoxy) is 3. The first-order valence-electron chi connectivity index (χ1n) is 10.4. The molecule has 0 aliphatic heterocycles. The van der Waals surface area contributed by atoms with E-state index in [2.05, 4.69) is 24.4 Å². The van der Waals surface area contributed by atoms with E-state index in [1.165, 1.54) is 0 Å². The predicted octanol–water partition coefficient (Wildman–Crippen LogP) is 4.93. The molecule has 0 radical (unpaired) electrons. The number of nitrogens with one attached hydrogen (secondary N) is 1. The lowest BCUT2D eigenvalue weighted by Crippen LogP contribution is -2.24. The van der Waals surface area contributed by atoms with Crippen LogP contribution in [0.15, 0.2) is 77.9 Å². The third-order valence-electron chi connectivity index (χ3n) is 4.73. The van der Waals surface area contributed by atoms with E-state index in [4.69, 9.17) is 14.2 Å². The van der Waals surface area contributed by atoms with E-state index < -0.39 is 0 Å². The minimum absolute atomic E-state index is 0.114. The van der Waals surface area contributed by atoms with Crippen molar-refractivity contribution < 1.29 is 19.0 Å². The highest BCUT2D eigenvalue weighted by Crippen LogP contribution is 2.28. The maximum atomic E-state index is 12.1. The fourth-order valence-corrected chi connectivity index (χ4v) is 3.06. The number of methoxy groups -OCH3 is 1. The highest BCUT2D eigenvalue weighted by molar-refractivity contribution is 5.83. The van der Waals surface area contributed by atoms with Gasteiger partial charge in [0.05, 0.1) is 13.3 Å². The zero-order chi connectivity index (χ0) is 22.8.